The van der Waals surface area contributed by atoms with E-state index in [0.29, 0.717) is 35.9 Å². The van der Waals surface area contributed by atoms with Crippen LogP contribution in [-0.4, -0.2) is 59.8 Å². The van der Waals surface area contributed by atoms with Gasteiger partial charge in [-0.05, 0) is 75.2 Å². The predicted octanol–water partition coefficient (Wildman–Crippen LogP) is 3.47. The second kappa shape index (κ2) is 11.4. The van der Waals surface area contributed by atoms with Gasteiger partial charge >= 0.3 is 0 Å². The molecule has 0 spiro atoms. The highest BCUT2D eigenvalue weighted by atomic mass is 35.5. The van der Waals surface area contributed by atoms with E-state index in [2.05, 4.69) is 20.5 Å². The number of rotatable bonds is 8. The molecule has 1 atom stereocenters. The number of pyridine rings is 1. The van der Waals surface area contributed by atoms with E-state index >= 15 is 0 Å². The van der Waals surface area contributed by atoms with Crippen molar-refractivity contribution in [3.8, 4) is 0 Å². The lowest BCUT2D eigenvalue weighted by Crippen LogP contribution is -2.45. The summed E-state index contributed by atoms with van der Waals surface area (Å²) < 4.78 is 0. The van der Waals surface area contributed by atoms with Crippen LogP contribution in [0.5, 0.6) is 0 Å². The molecule has 0 radical (unpaired) electrons. The second-order valence-electron chi connectivity index (χ2n) is 8.84. The summed E-state index contributed by atoms with van der Waals surface area (Å²) in [5.41, 5.74) is 1.31. The van der Waals surface area contributed by atoms with Crippen LogP contribution in [-0.2, 0) is 9.59 Å². The molecule has 8 nitrogen and oxygen atoms in total. The van der Waals surface area contributed by atoms with Gasteiger partial charge in [-0.2, -0.15) is 0 Å². The number of piperidine rings is 1. The molecule has 2 N–H and O–H groups in total. The molecule has 1 aromatic carbocycles. The molecule has 9 heteroatoms. The van der Waals surface area contributed by atoms with Crippen LogP contribution in [0.15, 0.2) is 42.6 Å². The molecular formula is C25H30ClN5O3. The third-order valence-electron chi connectivity index (χ3n) is 6.20. The standard InChI is InChI=1S/C25H30ClN5O3/c26-19-8-11-22(27-16-19)29-23(32)15-20(17-30-12-3-4-13-30)28-25(34)18-6-9-21(10-7-18)31-14-2-1-5-24(31)33/h6-11,16,20H,1-5,12-15,17H2,(H,28,34)(H,27,29,32). The van der Waals surface area contributed by atoms with Crippen molar-refractivity contribution in [1.29, 1.82) is 0 Å². The molecular weight excluding hydrogens is 454 g/mol. The Morgan fingerprint density at radius 3 is 2.41 bits per heavy atom. The molecule has 2 saturated heterocycles. The lowest BCUT2D eigenvalue weighted by molar-refractivity contribution is -0.119. The van der Waals surface area contributed by atoms with Crippen LogP contribution in [0.4, 0.5) is 11.5 Å². The largest absolute Gasteiger partial charge is 0.347 e. The van der Waals surface area contributed by atoms with Gasteiger partial charge < -0.3 is 20.4 Å². The van der Waals surface area contributed by atoms with Gasteiger partial charge in [-0.3, -0.25) is 14.4 Å². The second-order valence-corrected chi connectivity index (χ2v) is 9.28. The van der Waals surface area contributed by atoms with E-state index in [1.807, 2.05) is 12.1 Å². The van der Waals surface area contributed by atoms with Crippen LogP contribution in [0.25, 0.3) is 0 Å². The van der Waals surface area contributed by atoms with Crippen molar-refractivity contribution in [3.05, 3.63) is 53.2 Å². The third kappa shape index (κ3) is 6.55. The minimum absolute atomic E-state index is 0.121. The molecule has 34 heavy (non-hydrogen) atoms. The van der Waals surface area contributed by atoms with Crippen molar-refractivity contribution >= 4 is 40.8 Å². The van der Waals surface area contributed by atoms with E-state index in [4.69, 9.17) is 11.6 Å². The van der Waals surface area contributed by atoms with Gasteiger partial charge in [0.15, 0.2) is 0 Å². The molecule has 3 amide bonds. The monoisotopic (exact) mass is 483 g/mol. The maximum atomic E-state index is 13.0. The number of aromatic nitrogens is 1. The zero-order valence-corrected chi connectivity index (χ0v) is 19.9. The number of benzene rings is 1. The summed E-state index contributed by atoms with van der Waals surface area (Å²) in [4.78, 5) is 46.0. The number of carbonyl (C=O) groups is 3. The summed E-state index contributed by atoms with van der Waals surface area (Å²) >= 11 is 5.86. The summed E-state index contributed by atoms with van der Waals surface area (Å²) in [6.45, 7) is 3.24. The van der Waals surface area contributed by atoms with Crippen LogP contribution in [0.2, 0.25) is 5.02 Å². The van der Waals surface area contributed by atoms with Gasteiger partial charge in [0.25, 0.3) is 5.91 Å². The van der Waals surface area contributed by atoms with Crippen molar-refractivity contribution < 1.29 is 14.4 Å². The first kappa shape index (κ1) is 24.2. The van der Waals surface area contributed by atoms with E-state index in [0.717, 1.165) is 44.5 Å². The number of carbonyl (C=O) groups excluding carboxylic acids is 3. The Balaban J connectivity index is 1.39. The molecule has 2 aliphatic heterocycles. The third-order valence-corrected chi connectivity index (χ3v) is 6.43. The highest BCUT2D eigenvalue weighted by Gasteiger charge is 2.23. The highest BCUT2D eigenvalue weighted by molar-refractivity contribution is 6.30. The number of halogens is 1. The molecule has 2 aromatic rings. The first-order valence-electron chi connectivity index (χ1n) is 11.8. The summed E-state index contributed by atoms with van der Waals surface area (Å²) in [7, 11) is 0. The van der Waals surface area contributed by atoms with E-state index in [1.54, 1.807) is 29.2 Å². The normalized spacial score (nSPS) is 17.4. The molecule has 180 valence electrons. The number of amides is 3. The number of nitrogens with one attached hydrogen (secondary N) is 2. The van der Waals surface area contributed by atoms with Gasteiger partial charge in [0, 0.05) is 43.4 Å². The quantitative estimate of drug-likeness (QED) is 0.599. The number of hydrogen-bond donors (Lipinski definition) is 2. The Morgan fingerprint density at radius 1 is 1.00 bits per heavy atom. The maximum Gasteiger partial charge on any atom is 0.251 e. The number of anilines is 2. The van der Waals surface area contributed by atoms with Gasteiger partial charge in [0.1, 0.15) is 5.82 Å². The number of likely N-dealkylation sites (tertiary alicyclic amines) is 1. The van der Waals surface area contributed by atoms with Gasteiger partial charge in [-0.15, -0.1) is 0 Å². The topological polar surface area (TPSA) is 94.6 Å². The fraction of sp³-hybridized carbons (Fsp3) is 0.440. The van der Waals surface area contributed by atoms with Crippen LogP contribution in [0.1, 0.15) is 48.9 Å². The highest BCUT2D eigenvalue weighted by Crippen LogP contribution is 2.21. The Kier molecular flexibility index (Phi) is 8.13. The van der Waals surface area contributed by atoms with E-state index in [9.17, 15) is 14.4 Å². The lowest BCUT2D eigenvalue weighted by atomic mass is 10.1. The Morgan fingerprint density at radius 2 is 1.74 bits per heavy atom. The summed E-state index contributed by atoms with van der Waals surface area (Å²) in [6, 6.07) is 10.0. The van der Waals surface area contributed by atoms with Crippen molar-refractivity contribution in [2.75, 3.05) is 36.4 Å². The van der Waals surface area contributed by atoms with Crippen molar-refractivity contribution in [1.82, 2.24) is 15.2 Å². The summed E-state index contributed by atoms with van der Waals surface area (Å²) in [6.07, 6.45) is 6.33. The first-order valence-corrected chi connectivity index (χ1v) is 12.2. The van der Waals surface area contributed by atoms with Crippen LogP contribution in [0.3, 0.4) is 0 Å². The van der Waals surface area contributed by atoms with Crippen LogP contribution in [0, 0.1) is 0 Å². The molecule has 0 saturated carbocycles. The van der Waals surface area contributed by atoms with Gasteiger partial charge in [-0.1, -0.05) is 11.6 Å². The smallest absolute Gasteiger partial charge is 0.251 e. The summed E-state index contributed by atoms with van der Waals surface area (Å²) in [5, 5.41) is 6.29. The maximum absolute atomic E-state index is 13.0. The molecule has 4 rings (SSSR count). The first-order chi connectivity index (χ1) is 16.5. The zero-order chi connectivity index (χ0) is 23.9. The zero-order valence-electron chi connectivity index (χ0n) is 19.1. The molecule has 3 heterocycles. The minimum Gasteiger partial charge on any atom is -0.347 e. The number of hydrogen-bond acceptors (Lipinski definition) is 5. The summed E-state index contributed by atoms with van der Waals surface area (Å²) in [5.74, 6) is 0.0789. The fourth-order valence-electron chi connectivity index (χ4n) is 4.45. The Bertz CT molecular complexity index is 1010. The van der Waals surface area contributed by atoms with Gasteiger partial charge in [0.2, 0.25) is 11.8 Å². The predicted molar refractivity (Wildman–Crippen MR) is 132 cm³/mol. The molecule has 1 aromatic heterocycles. The fourth-order valence-corrected chi connectivity index (χ4v) is 4.56. The molecule has 2 fully saturated rings. The van der Waals surface area contributed by atoms with Crippen LogP contribution >= 0.6 is 11.6 Å². The Hall–Kier alpha value is -2.97. The average molecular weight is 484 g/mol. The SMILES string of the molecule is O=C(CC(CN1CCCC1)NC(=O)c1ccc(N2CCCCC2=O)cc1)Nc1ccc(Cl)cn1. The minimum atomic E-state index is -0.346. The molecule has 0 bridgehead atoms. The van der Waals surface area contributed by atoms with Crippen molar-refractivity contribution in [3.63, 3.8) is 0 Å². The number of nitrogens with zero attached hydrogens (tertiary/aromatic N) is 3. The van der Waals surface area contributed by atoms with E-state index in [-0.39, 0.29) is 30.2 Å². The average Bonchev–Trinajstić information content (AvgIpc) is 3.34. The Labute approximate surface area is 204 Å². The van der Waals surface area contributed by atoms with Crippen molar-refractivity contribution in [2.24, 2.45) is 0 Å². The van der Waals surface area contributed by atoms with E-state index < -0.39 is 0 Å². The molecule has 1 unspecified atom stereocenters. The van der Waals surface area contributed by atoms with Gasteiger partial charge in [0.05, 0.1) is 11.1 Å². The molecule has 0 aliphatic carbocycles. The van der Waals surface area contributed by atoms with Gasteiger partial charge in [-0.25, -0.2) is 4.98 Å². The lowest BCUT2D eigenvalue weighted by Gasteiger charge is -2.27. The van der Waals surface area contributed by atoms with Crippen LogP contribution < -0.4 is 15.5 Å². The van der Waals surface area contributed by atoms with E-state index in [1.165, 1.54) is 6.20 Å². The van der Waals surface area contributed by atoms with Crippen molar-refractivity contribution in [2.45, 2.75) is 44.6 Å². The molecule has 2 aliphatic rings.